The average molecular weight is 392 g/mol. The van der Waals surface area contributed by atoms with Crippen molar-refractivity contribution in [1.29, 1.82) is 0 Å². The molecule has 0 atom stereocenters. The molecule has 29 heavy (non-hydrogen) atoms. The smallest absolute Gasteiger partial charge is 0.339 e. The number of fused-ring (bicyclic) bond motifs is 1. The van der Waals surface area contributed by atoms with Crippen LogP contribution in [0.1, 0.15) is 27.1 Å². The lowest BCUT2D eigenvalue weighted by Gasteiger charge is -2.15. The van der Waals surface area contributed by atoms with Crippen molar-refractivity contribution in [3.63, 3.8) is 0 Å². The fraction of sp³-hybridized carbons (Fsp3) is 0.227. The van der Waals surface area contributed by atoms with Crippen LogP contribution < -0.4 is 11.1 Å². The summed E-state index contributed by atoms with van der Waals surface area (Å²) in [5.41, 5.74) is 8.96. The van der Waals surface area contributed by atoms with Crippen LogP contribution in [0.5, 0.6) is 0 Å². The summed E-state index contributed by atoms with van der Waals surface area (Å²) in [6, 6.07) is 12.7. The third-order valence-corrected chi connectivity index (χ3v) is 4.69. The van der Waals surface area contributed by atoms with Gasteiger partial charge in [0.2, 0.25) is 5.91 Å². The molecule has 0 fully saturated rings. The van der Waals surface area contributed by atoms with Crippen molar-refractivity contribution in [3.8, 4) is 11.1 Å². The number of pyridine rings is 1. The summed E-state index contributed by atoms with van der Waals surface area (Å²) in [7, 11) is 4.00. The summed E-state index contributed by atoms with van der Waals surface area (Å²) in [6.45, 7) is 1.55. The number of aromatic carboxylic acids is 1. The van der Waals surface area contributed by atoms with Gasteiger partial charge in [0.1, 0.15) is 5.56 Å². The van der Waals surface area contributed by atoms with Gasteiger partial charge in [0.05, 0.1) is 11.2 Å². The molecule has 0 saturated heterocycles. The quantitative estimate of drug-likeness (QED) is 0.509. The van der Waals surface area contributed by atoms with Crippen LogP contribution in [0.4, 0.5) is 5.69 Å². The molecule has 7 nitrogen and oxygen atoms in total. The van der Waals surface area contributed by atoms with Gasteiger partial charge in [0, 0.05) is 23.7 Å². The Morgan fingerprint density at radius 2 is 1.79 bits per heavy atom. The Labute approximate surface area is 169 Å². The molecule has 150 valence electrons. The molecule has 1 amide bonds. The van der Waals surface area contributed by atoms with E-state index in [0.717, 1.165) is 29.5 Å². The number of benzene rings is 2. The van der Waals surface area contributed by atoms with Gasteiger partial charge in [0.15, 0.2) is 0 Å². The first-order valence-corrected chi connectivity index (χ1v) is 9.31. The Bertz CT molecular complexity index is 1050. The summed E-state index contributed by atoms with van der Waals surface area (Å²) in [5, 5.41) is 13.6. The highest BCUT2D eigenvalue weighted by atomic mass is 16.4. The Hall–Kier alpha value is -3.45. The molecule has 0 bridgehead atoms. The molecule has 0 radical (unpaired) electrons. The third-order valence-electron chi connectivity index (χ3n) is 4.69. The lowest BCUT2D eigenvalue weighted by atomic mass is 10.00. The van der Waals surface area contributed by atoms with E-state index in [1.807, 2.05) is 44.4 Å². The van der Waals surface area contributed by atoms with Gasteiger partial charge in [-0.3, -0.25) is 9.78 Å². The van der Waals surface area contributed by atoms with Gasteiger partial charge in [-0.15, -0.1) is 0 Å². The zero-order valence-corrected chi connectivity index (χ0v) is 16.5. The van der Waals surface area contributed by atoms with Gasteiger partial charge in [-0.05, 0) is 62.5 Å². The van der Waals surface area contributed by atoms with E-state index in [0.29, 0.717) is 23.3 Å². The number of anilines is 1. The number of rotatable bonds is 8. The predicted octanol–water partition coefficient (Wildman–Crippen LogP) is 3.06. The zero-order chi connectivity index (χ0) is 21.0. The minimum atomic E-state index is -1.02. The number of carboxylic acids is 1. The number of amides is 1. The van der Waals surface area contributed by atoms with E-state index in [1.54, 1.807) is 12.1 Å². The van der Waals surface area contributed by atoms with Gasteiger partial charge >= 0.3 is 5.97 Å². The van der Waals surface area contributed by atoms with E-state index in [4.69, 9.17) is 5.73 Å². The van der Waals surface area contributed by atoms with Crippen molar-refractivity contribution in [2.75, 3.05) is 32.5 Å². The minimum Gasteiger partial charge on any atom is -0.478 e. The summed E-state index contributed by atoms with van der Waals surface area (Å²) in [4.78, 5) is 29.4. The van der Waals surface area contributed by atoms with Crippen LogP contribution in [0.15, 0.2) is 48.7 Å². The molecule has 1 aromatic heterocycles. The standard InChI is InChI=1S/C22H24N4O3/c1-26(2)11-3-10-24-20-17-12-16(14-4-6-15(7-5-14)21(23)27)8-9-19(17)25-13-18(20)22(28)29/h4-9,12-13H,3,10-11H2,1-2H3,(H2,23,27)(H,24,25)(H,28,29). The van der Waals surface area contributed by atoms with E-state index >= 15 is 0 Å². The number of nitrogens with zero attached hydrogens (tertiary/aromatic N) is 2. The lowest BCUT2D eigenvalue weighted by molar-refractivity contribution is 0.0697. The van der Waals surface area contributed by atoms with Crippen LogP contribution in [0.3, 0.4) is 0 Å². The van der Waals surface area contributed by atoms with Crippen LogP contribution in [-0.2, 0) is 0 Å². The molecule has 0 aliphatic heterocycles. The number of hydrogen-bond donors (Lipinski definition) is 3. The molecular formula is C22H24N4O3. The summed E-state index contributed by atoms with van der Waals surface area (Å²) >= 11 is 0. The normalized spacial score (nSPS) is 11.0. The molecule has 0 saturated carbocycles. The van der Waals surface area contributed by atoms with E-state index < -0.39 is 11.9 Å². The molecule has 4 N–H and O–H groups in total. The van der Waals surface area contributed by atoms with Gasteiger partial charge in [-0.2, -0.15) is 0 Å². The summed E-state index contributed by atoms with van der Waals surface area (Å²) < 4.78 is 0. The van der Waals surface area contributed by atoms with Gasteiger partial charge in [-0.25, -0.2) is 4.79 Å². The van der Waals surface area contributed by atoms with Crippen molar-refractivity contribution in [1.82, 2.24) is 9.88 Å². The van der Waals surface area contributed by atoms with Crippen molar-refractivity contribution < 1.29 is 14.7 Å². The highest BCUT2D eigenvalue weighted by molar-refractivity contribution is 6.05. The van der Waals surface area contributed by atoms with Gasteiger partial charge in [-0.1, -0.05) is 18.2 Å². The number of aromatic nitrogens is 1. The molecule has 0 unspecified atom stereocenters. The third kappa shape index (κ3) is 4.70. The van der Waals surface area contributed by atoms with E-state index in [-0.39, 0.29) is 5.56 Å². The highest BCUT2D eigenvalue weighted by Gasteiger charge is 2.15. The molecular weight excluding hydrogens is 368 g/mol. The number of carbonyl (C=O) groups is 2. The predicted molar refractivity (Wildman–Crippen MR) is 114 cm³/mol. The maximum atomic E-state index is 11.7. The average Bonchev–Trinajstić information content (AvgIpc) is 2.70. The number of carboxylic acid groups (broad SMARTS) is 1. The summed E-state index contributed by atoms with van der Waals surface area (Å²) in [5.74, 6) is -1.50. The Morgan fingerprint density at radius 1 is 1.10 bits per heavy atom. The van der Waals surface area contributed by atoms with Crippen LogP contribution in [0, 0.1) is 0 Å². The molecule has 0 spiro atoms. The maximum Gasteiger partial charge on any atom is 0.339 e. The first-order chi connectivity index (χ1) is 13.9. The van der Waals surface area contributed by atoms with Crippen LogP contribution in [0.25, 0.3) is 22.0 Å². The maximum absolute atomic E-state index is 11.7. The molecule has 3 rings (SSSR count). The first kappa shape index (κ1) is 20.3. The van der Waals surface area contributed by atoms with Crippen molar-refractivity contribution >= 4 is 28.5 Å². The Balaban J connectivity index is 2.01. The van der Waals surface area contributed by atoms with Crippen molar-refractivity contribution in [2.45, 2.75) is 6.42 Å². The molecule has 0 aliphatic carbocycles. The number of carbonyl (C=O) groups excluding carboxylic acids is 1. The fourth-order valence-corrected chi connectivity index (χ4v) is 3.16. The highest BCUT2D eigenvalue weighted by Crippen LogP contribution is 2.31. The molecule has 0 aliphatic rings. The topological polar surface area (TPSA) is 109 Å². The zero-order valence-electron chi connectivity index (χ0n) is 16.5. The van der Waals surface area contributed by atoms with Gasteiger partial charge < -0.3 is 21.1 Å². The summed E-state index contributed by atoms with van der Waals surface area (Å²) in [6.07, 6.45) is 2.27. The van der Waals surface area contributed by atoms with Gasteiger partial charge in [0.25, 0.3) is 0 Å². The second kappa shape index (κ2) is 8.70. The van der Waals surface area contributed by atoms with Crippen LogP contribution >= 0.6 is 0 Å². The number of nitrogens with one attached hydrogen (secondary N) is 1. The van der Waals surface area contributed by atoms with Crippen molar-refractivity contribution in [3.05, 3.63) is 59.8 Å². The SMILES string of the molecule is CN(C)CCCNc1c(C(=O)O)cnc2ccc(-c3ccc(C(N)=O)cc3)cc12. The minimum absolute atomic E-state index is 0.142. The molecule has 2 aromatic carbocycles. The lowest BCUT2D eigenvalue weighted by Crippen LogP contribution is -2.17. The van der Waals surface area contributed by atoms with E-state index in [1.165, 1.54) is 6.20 Å². The number of primary amides is 1. The van der Waals surface area contributed by atoms with E-state index in [9.17, 15) is 14.7 Å². The molecule has 7 heteroatoms. The Kier molecular flexibility index (Phi) is 6.09. The number of hydrogen-bond acceptors (Lipinski definition) is 5. The molecule has 3 aromatic rings. The van der Waals surface area contributed by atoms with Crippen LogP contribution in [-0.4, -0.2) is 54.1 Å². The van der Waals surface area contributed by atoms with E-state index in [2.05, 4.69) is 15.2 Å². The first-order valence-electron chi connectivity index (χ1n) is 9.31. The molecule has 1 heterocycles. The largest absolute Gasteiger partial charge is 0.478 e. The second-order valence-corrected chi connectivity index (χ2v) is 7.11. The number of nitrogens with two attached hydrogens (primary N) is 1. The fourth-order valence-electron chi connectivity index (χ4n) is 3.16. The monoisotopic (exact) mass is 392 g/mol. The van der Waals surface area contributed by atoms with Crippen LogP contribution in [0.2, 0.25) is 0 Å². The second-order valence-electron chi connectivity index (χ2n) is 7.11. The van der Waals surface area contributed by atoms with Crippen molar-refractivity contribution in [2.24, 2.45) is 5.73 Å². The Morgan fingerprint density at radius 3 is 2.41 bits per heavy atom.